The monoisotopic (exact) mass is 311 g/mol. The van der Waals surface area contributed by atoms with Crippen LogP contribution in [-0.2, 0) is 16.6 Å². The molecule has 0 amide bonds. The van der Waals surface area contributed by atoms with Crippen molar-refractivity contribution in [3.8, 4) is 0 Å². The van der Waals surface area contributed by atoms with Crippen molar-refractivity contribution >= 4 is 10.0 Å². The first kappa shape index (κ1) is 16.4. The molecule has 0 aromatic carbocycles. The third-order valence-electron chi connectivity index (χ3n) is 4.32. The Morgan fingerprint density at radius 1 is 1.29 bits per heavy atom. The minimum absolute atomic E-state index is 0.102. The summed E-state index contributed by atoms with van der Waals surface area (Å²) in [5.41, 5.74) is 0.977. The molecule has 0 spiro atoms. The maximum Gasteiger partial charge on any atom is 0.260 e. The van der Waals surface area contributed by atoms with Crippen molar-refractivity contribution in [2.75, 3.05) is 14.1 Å². The summed E-state index contributed by atoms with van der Waals surface area (Å²) >= 11 is 0. The smallest absolute Gasteiger partial charge is 0.260 e. The summed E-state index contributed by atoms with van der Waals surface area (Å²) in [6.07, 6.45) is 5.70. The zero-order valence-corrected chi connectivity index (χ0v) is 13.9. The molecule has 0 unspecified atom stereocenters. The van der Waals surface area contributed by atoms with Crippen molar-refractivity contribution in [2.45, 2.75) is 50.2 Å². The van der Waals surface area contributed by atoms with Gasteiger partial charge in [0.1, 0.15) is 0 Å². The van der Waals surface area contributed by atoms with Gasteiger partial charge in [-0.3, -0.25) is 0 Å². The lowest BCUT2D eigenvalue weighted by Gasteiger charge is -2.32. The molecule has 0 aliphatic heterocycles. The van der Waals surface area contributed by atoms with Crippen LogP contribution in [0.1, 0.15) is 38.2 Å². The molecule has 1 N–H and O–H groups in total. The Morgan fingerprint density at radius 2 is 1.95 bits per heavy atom. The molecule has 1 aromatic heterocycles. The number of sulfonamides is 1. The van der Waals surface area contributed by atoms with E-state index in [2.05, 4.69) is 17.2 Å². The minimum atomic E-state index is -3.49. The van der Waals surface area contributed by atoms with Crippen LogP contribution in [0.3, 0.4) is 0 Å². The summed E-state index contributed by atoms with van der Waals surface area (Å²) in [5.74, 6) is 0.705. The van der Waals surface area contributed by atoms with Crippen molar-refractivity contribution < 1.29 is 8.42 Å². The van der Waals surface area contributed by atoms with Crippen molar-refractivity contribution in [1.82, 2.24) is 14.6 Å². The largest absolute Gasteiger partial charge is 0.316 e. The van der Waals surface area contributed by atoms with Gasteiger partial charge < -0.3 is 5.32 Å². The quantitative estimate of drug-likeness (QED) is 0.903. The number of nitrogens with zero attached hydrogens (tertiary/aromatic N) is 2. The number of pyridine rings is 1. The van der Waals surface area contributed by atoms with Crippen molar-refractivity contribution in [1.29, 1.82) is 0 Å². The van der Waals surface area contributed by atoms with Gasteiger partial charge >= 0.3 is 0 Å². The van der Waals surface area contributed by atoms with E-state index < -0.39 is 10.0 Å². The first-order chi connectivity index (χ1) is 9.95. The van der Waals surface area contributed by atoms with Crippen LogP contribution in [0.5, 0.6) is 0 Å². The van der Waals surface area contributed by atoms with Gasteiger partial charge in [-0.2, -0.15) is 4.31 Å². The van der Waals surface area contributed by atoms with Gasteiger partial charge in [0, 0.05) is 25.8 Å². The van der Waals surface area contributed by atoms with Gasteiger partial charge in [0.05, 0.1) is 0 Å². The molecule has 5 nitrogen and oxygen atoms in total. The van der Waals surface area contributed by atoms with Crippen LogP contribution in [0.2, 0.25) is 0 Å². The van der Waals surface area contributed by atoms with Crippen LogP contribution in [0.15, 0.2) is 23.4 Å². The van der Waals surface area contributed by atoms with Gasteiger partial charge in [0.25, 0.3) is 10.0 Å². The van der Waals surface area contributed by atoms with E-state index in [1.54, 1.807) is 19.3 Å². The second kappa shape index (κ2) is 6.85. The summed E-state index contributed by atoms with van der Waals surface area (Å²) in [5, 5.41) is 3.16. The van der Waals surface area contributed by atoms with Crippen LogP contribution >= 0.6 is 0 Å². The van der Waals surface area contributed by atoms with E-state index in [9.17, 15) is 8.42 Å². The van der Waals surface area contributed by atoms with E-state index in [0.29, 0.717) is 12.5 Å². The lowest BCUT2D eigenvalue weighted by atomic mass is 9.87. The first-order valence-corrected chi connectivity index (χ1v) is 8.96. The summed E-state index contributed by atoms with van der Waals surface area (Å²) in [4.78, 5) is 4.13. The molecule has 1 heterocycles. The predicted molar refractivity (Wildman–Crippen MR) is 83.4 cm³/mol. The number of hydrogen-bond donors (Lipinski definition) is 1. The van der Waals surface area contributed by atoms with E-state index in [1.165, 1.54) is 4.31 Å². The van der Waals surface area contributed by atoms with Gasteiger partial charge in [0.15, 0.2) is 5.03 Å². The van der Waals surface area contributed by atoms with Gasteiger partial charge in [-0.05, 0) is 50.3 Å². The average molecular weight is 311 g/mol. The lowest BCUT2D eigenvalue weighted by molar-refractivity contribution is 0.245. The Labute approximate surface area is 127 Å². The number of aromatic nitrogens is 1. The van der Waals surface area contributed by atoms with E-state index in [-0.39, 0.29) is 11.1 Å². The van der Waals surface area contributed by atoms with Crippen molar-refractivity contribution in [3.05, 3.63) is 23.9 Å². The Kier molecular flexibility index (Phi) is 5.35. The fourth-order valence-corrected chi connectivity index (χ4v) is 4.15. The molecule has 0 saturated heterocycles. The Hall–Kier alpha value is -0.980. The molecule has 1 saturated carbocycles. The fraction of sp³-hybridized carbons (Fsp3) is 0.667. The van der Waals surface area contributed by atoms with Gasteiger partial charge in [-0.15, -0.1) is 0 Å². The molecule has 1 aliphatic carbocycles. The molecule has 0 radical (unpaired) electrons. The third kappa shape index (κ3) is 3.81. The zero-order chi connectivity index (χ0) is 15.5. The molecule has 1 aliphatic rings. The second-order valence-electron chi connectivity index (χ2n) is 5.97. The molecule has 0 bridgehead atoms. The molecular formula is C15H25N3O2S. The van der Waals surface area contributed by atoms with Gasteiger partial charge in [-0.1, -0.05) is 13.0 Å². The topological polar surface area (TPSA) is 62.3 Å². The maximum absolute atomic E-state index is 12.6. The van der Waals surface area contributed by atoms with E-state index >= 15 is 0 Å². The third-order valence-corrected chi connectivity index (χ3v) is 6.15. The molecule has 118 valence electrons. The average Bonchev–Trinajstić information content (AvgIpc) is 2.48. The SMILES string of the molecule is CNCc1ccc(S(=O)(=O)N(C)C2CCC(C)CC2)nc1. The molecule has 1 aromatic rings. The molecule has 1 fully saturated rings. The molecule has 21 heavy (non-hydrogen) atoms. The summed E-state index contributed by atoms with van der Waals surface area (Å²) in [7, 11) is 0.0435. The zero-order valence-electron chi connectivity index (χ0n) is 13.0. The van der Waals surface area contributed by atoms with Gasteiger partial charge in [0.2, 0.25) is 0 Å². The Morgan fingerprint density at radius 3 is 2.48 bits per heavy atom. The highest BCUT2D eigenvalue weighted by molar-refractivity contribution is 7.89. The second-order valence-corrected chi connectivity index (χ2v) is 7.91. The lowest BCUT2D eigenvalue weighted by Crippen LogP contribution is -2.39. The number of nitrogens with one attached hydrogen (secondary N) is 1. The number of rotatable bonds is 5. The maximum atomic E-state index is 12.6. The van der Waals surface area contributed by atoms with Gasteiger partial charge in [-0.25, -0.2) is 13.4 Å². The van der Waals surface area contributed by atoms with Crippen molar-refractivity contribution in [2.24, 2.45) is 5.92 Å². The fourth-order valence-electron chi connectivity index (χ4n) is 2.82. The molecular weight excluding hydrogens is 286 g/mol. The first-order valence-electron chi connectivity index (χ1n) is 7.52. The Balaban J connectivity index is 2.13. The normalized spacial score (nSPS) is 23.4. The van der Waals surface area contributed by atoms with Crippen LogP contribution < -0.4 is 5.32 Å². The highest BCUT2D eigenvalue weighted by Gasteiger charge is 2.31. The Bertz CT molecular complexity index is 549. The van der Waals surface area contributed by atoms with Crippen LogP contribution in [0.4, 0.5) is 0 Å². The van der Waals surface area contributed by atoms with E-state index in [1.807, 2.05) is 13.1 Å². The highest BCUT2D eigenvalue weighted by atomic mass is 32.2. The van der Waals surface area contributed by atoms with Crippen LogP contribution in [0.25, 0.3) is 0 Å². The van der Waals surface area contributed by atoms with Crippen LogP contribution in [-0.4, -0.2) is 37.8 Å². The number of hydrogen-bond acceptors (Lipinski definition) is 4. The standard InChI is InChI=1S/C15H25N3O2S/c1-12-4-7-14(8-5-12)18(3)21(19,20)15-9-6-13(10-16-2)11-17-15/h6,9,11-12,14,16H,4-5,7-8,10H2,1-3H3. The predicted octanol–water partition coefficient (Wildman–Crippen LogP) is 2.00. The summed E-state index contributed by atoms with van der Waals surface area (Å²) in [6, 6.07) is 3.52. The molecule has 2 rings (SSSR count). The van der Waals surface area contributed by atoms with E-state index in [4.69, 9.17) is 0 Å². The highest BCUT2D eigenvalue weighted by Crippen LogP contribution is 2.29. The van der Waals surface area contributed by atoms with Crippen molar-refractivity contribution in [3.63, 3.8) is 0 Å². The summed E-state index contributed by atoms with van der Waals surface area (Å²) < 4.78 is 26.8. The minimum Gasteiger partial charge on any atom is -0.316 e. The molecule has 6 heteroatoms. The van der Waals surface area contributed by atoms with E-state index in [0.717, 1.165) is 31.2 Å². The van der Waals surface area contributed by atoms with Crippen LogP contribution in [0, 0.1) is 5.92 Å². The molecule has 0 atom stereocenters. The summed E-state index contributed by atoms with van der Waals surface area (Å²) in [6.45, 7) is 2.91.